The van der Waals surface area contributed by atoms with Gasteiger partial charge in [-0.1, -0.05) is 18.2 Å². The quantitative estimate of drug-likeness (QED) is 0.437. The Morgan fingerprint density at radius 3 is 2.48 bits per heavy atom. The summed E-state index contributed by atoms with van der Waals surface area (Å²) >= 11 is 1.33. The van der Waals surface area contributed by atoms with Gasteiger partial charge in [0.25, 0.3) is 11.8 Å². The standard InChI is InChI=1S/C19H14N4O3S/c24-17(20-11-7-8-14-15(10-11)23-19(26)22-14)12-4-1-2-5-13(12)21-18(25)16-6-3-9-27-16/h1-10H,(H,20,24)(H,21,25)(H2,22,23,26). The third-order valence-corrected chi connectivity index (χ3v) is 4.81. The van der Waals surface area contributed by atoms with Gasteiger partial charge in [-0.25, -0.2) is 4.79 Å². The molecule has 0 aliphatic carbocycles. The molecule has 7 nitrogen and oxygen atoms in total. The molecule has 4 rings (SSSR count). The Balaban J connectivity index is 1.57. The molecule has 8 heteroatoms. The third kappa shape index (κ3) is 3.51. The molecule has 4 N–H and O–H groups in total. The Labute approximate surface area is 157 Å². The number of aromatic amines is 2. The highest BCUT2D eigenvalue weighted by molar-refractivity contribution is 7.12. The SMILES string of the molecule is O=C(Nc1ccccc1C(=O)Nc1ccc2[nH]c(=O)[nH]c2c1)c1cccs1. The Morgan fingerprint density at radius 2 is 1.67 bits per heavy atom. The summed E-state index contributed by atoms with van der Waals surface area (Å²) < 4.78 is 0. The molecular weight excluding hydrogens is 364 g/mol. The van der Waals surface area contributed by atoms with E-state index in [0.29, 0.717) is 32.8 Å². The number of H-pyrrole nitrogens is 2. The van der Waals surface area contributed by atoms with Gasteiger partial charge < -0.3 is 20.6 Å². The molecular formula is C19H14N4O3S. The lowest BCUT2D eigenvalue weighted by molar-refractivity contribution is 0.102. The molecule has 0 unspecified atom stereocenters. The minimum Gasteiger partial charge on any atom is -0.322 e. The molecule has 0 bridgehead atoms. The van der Waals surface area contributed by atoms with Crippen molar-refractivity contribution in [3.8, 4) is 0 Å². The smallest absolute Gasteiger partial charge is 0.322 e. The van der Waals surface area contributed by atoms with Crippen molar-refractivity contribution in [3.63, 3.8) is 0 Å². The predicted octanol–water partition coefficient (Wildman–Crippen LogP) is 3.42. The molecule has 0 atom stereocenters. The number of aromatic nitrogens is 2. The van der Waals surface area contributed by atoms with E-state index in [1.165, 1.54) is 11.3 Å². The zero-order valence-corrected chi connectivity index (χ0v) is 14.7. The highest BCUT2D eigenvalue weighted by atomic mass is 32.1. The molecule has 0 aliphatic heterocycles. The van der Waals surface area contributed by atoms with E-state index in [1.807, 2.05) is 5.38 Å². The van der Waals surface area contributed by atoms with Crippen LogP contribution in [-0.4, -0.2) is 21.8 Å². The summed E-state index contributed by atoms with van der Waals surface area (Å²) in [6, 6.07) is 15.3. The number of hydrogen-bond donors (Lipinski definition) is 4. The van der Waals surface area contributed by atoms with E-state index in [9.17, 15) is 14.4 Å². The van der Waals surface area contributed by atoms with Crippen LogP contribution >= 0.6 is 11.3 Å². The summed E-state index contributed by atoms with van der Waals surface area (Å²) in [6.45, 7) is 0. The molecule has 2 aromatic heterocycles. The molecule has 0 radical (unpaired) electrons. The van der Waals surface area contributed by atoms with Crippen molar-refractivity contribution in [1.82, 2.24) is 9.97 Å². The zero-order chi connectivity index (χ0) is 18.8. The Morgan fingerprint density at radius 1 is 0.852 bits per heavy atom. The number of benzene rings is 2. The van der Waals surface area contributed by atoms with Crippen molar-refractivity contribution >= 4 is 45.6 Å². The van der Waals surface area contributed by atoms with Crippen LogP contribution in [0.5, 0.6) is 0 Å². The number of anilines is 2. The topological polar surface area (TPSA) is 107 Å². The normalized spacial score (nSPS) is 10.7. The lowest BCUT2D eigenvalue weighted by atomic mass is 10.1. The van der Waals surface area contributed by atoms with E-state index in [1.54, 1.807) is 54.6 Å². The van der Waals surface area contributed by atoms with Crippen molar-refractivity contribution in [3.05, 3.63) is 80.9 Å². The fourth-order valence-corrected chi connectivity index (χ4v) is 3.31. The minimum atomic E-state index is -0.366. The van der Waals surface area contributed by atoms with Crippen molar-refractivity contribution in [1.29, 1.82) is 0 Å². The highest BCUT2D eigenvalue weighted by Crippen LogP contribution is 2.21. The van der Waals surface area contributed by atoms with Gasteiger partial charge in [-0.3, -0.25) is 9.59 Å². The van der Waals surface area contributed by atoms with E-state index in [0.717, 1.165) is 0 Å². The first-order valence-corrected chi connectivity index (χ1v) is 8.95. The Hall–Kier alpha value is -3.65. The molecule has 2 aromatic carbocycles. The number of para-hydroxylation sites is 1. The lowest BCUT2D eigenvalue weighted by Gasteiger charge is -2.11. The van der Waals surface area contributed by atoms with Gasteiger partial charge in [-0.05, 0) is 41.8 Å². The number of nitrogens with one attached hydrogen (secondary N) is 4. The zero-order valence-electron chi connectivity index (χ0n) is 13.9. The van der Waals surface area contributed by atoms with Crippen molar-refractivity contribution in [2.45, 2.75) is 0 Å². The predicted molar refractivity (Wildman–Crippen MR) is 106 cm³/mol. The fourth-order valence-electron chi connectivity index (χ4n) is 2.69. The number of rotatable bonds is 4. The average Bonchev–Trinajstić information content (AvgIpc) is 3.30. The summed E-state index contributed by atoms with van der Waals surface area (Å²) in [5.74, 6) is -0.633. The first-order chi connectivity index (χ1) is 13.1. The molecule has 134 valence electrons. The molecule has 27 heavy (non-hydrogen) atoms. The van der Waals surface area contributed by atoms with E-state index in [2.05, 4.69) is 20.6 Å². The molecule has 0 spiro atoms. The number of imidazole rings is 1. The van der Waals surface area contributed by atoms with Crippen LogP contribution in [0.25, 0.3) is 11.0 Å². The number of fused-ring (bicyclic) bond motifs is 1. The largest absolute Gasteiger partial charge is 0.323 e. The van der Waals surface area contributed by atoms with Crippen LogP contribution in [0, 0.1) is 0 Å². The number of carbonyl (C=O) groups excluding carboxylic acids is 2. The molecule has 0 fully saturated rings. The molecule has 2 heterocycles. The Bertz CT molecular complexity index is 1190. The van der Waals surface area contributed by atoms with Crippen molar-refractivity contribution in [2.24, 2.45) is 0 Å². The third-order valence-electron chi connectivity index (χ3n) is 3.94. The maximum Gasteiger partial charge on any atom is 0.323 e. The monoisotopic (exact) mass is 378 g/mol. The second-order valence-electron chi connectivity index (χ2n) is 5.77. The first-order valence-electron chi connectivity index (χ1n) is 8.07. The number of amides is 2. The first kappa shape index (κ1) is 16.8. The van der Waals surface area contributed by atoms with E-state index in [4.69, 9.17) is 0 Å². The number of carbonyl (C=O) groups is 2. The summed E-state index contributed by atoms with van der Waals surface area (Å²) in [4.78, 5) is 42.2. The minimum absolute atomic E-state index is 0.267. The van der Waals surface area contributed by atoms with Crippen LogP contribution in [0.3, 0.4) is 0 Å². The van der Waals surface area contributed by atoms with Crippen LogP contribution in [0.4, 0.5) is 11.4 Å². The van der Waals surface area contributed by atoms with Gasteiger partial charge in [0.2, 0.25) is 0 Å². The second-order valence-corrected chi connectivity index (χ2v) is 6.72. The van der Waals surface area contributed by atoms with Gasteiger partial charge >= 0.3 is 5.69 Å². The van der Waals surface area contributed by atoms with Crippen molar-refractivity contribution < 1.29 is 9.59 Å². The van der Waals surface area contributed by atoms with Crippen LogP contribution in [0.1, 0.15) is 20.0 Å². The summed E-state index contributed by atoms with van der Waals surface area (Å²) in [5.41, 5.74) is 2.23. The van der Waals surface area contributed by atoms with E-state index < -0.39 is 0 Å². The summed E-state index contributed by atoms with van der Waals surface area (Å²) in [5, 5.41) is 7.37. The lowest BCUT2D eigenvalue weighted by Crippen LogP contribution is -2.17. The number of thiophene rings is 1. The fraction of sp³-hybridized carbons (Fsp3) is 0. The van der Waals surface area contributed by atoms with Gasteiger partial charge in [0.05, 0.1) is 27.2 Å². The van der Waals surface area contributed by atoms with Gasteiger partial charge in [0.15, 0.2) is 0 Å². The molecule has 4 aromatic rings. The Kier molecular flexibility index (Phi) is 4.31. The second kappa shape index (κ2) is 6.93. The van der Waals surface area contributed by atoms with E-state index >= 15 is 0 Å². The van der Waals surface area contributed by atoms with Gasteiger partial charge in [0.1, 0.15) is 0 Å². The maximum absolute atomic E-state index is 12.7. The molecule has 0 saturated carbocycles. The van der Waals surface area contributed by atoms with Crippen molar-refractivity contribution in [2.75, 3.05) is 10.6 Å². The average molecular weight is 378 g/mol. The van der Waals surface area contributed by atoms with E-state index in [-0.39, 0.29) is 17.5 Å². The highest BCUT2D eigenvalue weighted by Gasteiger charge is 2.15. The number of hydrogen-bond acceptors (Lipinski definition) is 4. The van der Waals surface area contributed by atoms with Gasteiger partial charge in [0, 0.05) is 5.69 Å². The molecule has 0 aliphatic rings. The maximum atomic E-state index is 12.7. The van der Waals surface area contributed by atoms with Gasteiger partial charge in [-0.2, -0.15) is 0 Å². The summed E-state index contributed by atoms with van der Waals surface area (Å²) in [7, 11) is 0. The summed E-state index contributed by atoms with van der Waals surface area (Å²) in [6.07, 6.45) is 0. The van der Waals surface area contributed by atoms with Crippen LogP contribution in [0.15, 0.2) is 64.8 Å². The molecule has 0 saturated heterocycles. The van der Waals surface area contributed by atoms with Crippen LogP contribution in [-0.2, 0) is 0 Å². The molecule has 2 amide bonds. The van der Waals surface area contributed by atoms with Gasteiger partial charge in [-0.15, -0.1) is 11.3 Å². The van der Waals surface area contributed by atoms with Crippen LogP contribution in [0.2, 0.25) is 0 Å². The van der Waals surface area contributed by atoms with Crippen LogP contribution < -0.4 is 16.3 Å².